The number of allylic oxidation sites excluding steroid dienone is 2. The van der Waals surface area contributed by atoms with Crippen LogP contribution in [0.1, 0.15) is 258 Å². The molecule has 0 aliphatic carbocycles. The van der Waals surface area contributed by atoms with Gasteiger partial charge in [-0.25, -0.2) is 4.18 Å². The van der Waals surface area contributed by atoms with Crippen molar-refractivity contribution in [2.75, 3.05) is 13.2 Å². The second kappa shape index (κ2) is 42.9. The molecule has 0 radical (unpaired) electrons. The topological polar surface area (TPSA) is 192 Å². The van der Waals surface area contributed by atoms with E-state index in [2.05, 4.69) is 35.5 Å². The van der Waals surface area contributed by atoms with Crippen molar-refractivity contribution in [1.29, 1.82) is 0 Å². The normalized spacial score (nSPS) is 20.1. The van der Waals surface area contributed by atoms with Crippen molar-refractivity contribution in [3.63, 3.8) is 0 Å². The highest BCUT2D eigenvalue weighted by Gasteiger charge is 2.48. The summed E-state index contributed by atoms with van der Waals surface area (Å²) in [5.41, 5.74) is 0. The van der Waals surface area contributed by atoms with Crippen molar-refractivity contribution < 1.29 is 51.8 Å². The predicted octanol–water partition coefficient (Wildman–Crippen LogP) is 11.9. The quantitative estimate of drug-likeness (QED) is 0.0193. The molecule has 0 saturated carbocycles. The minimum absolute atomic E-state index is 0.243. The van der Waals surface area contributed by atoms with Gasteiger partial charge in [0.2, 0.25) is 5.91 Å². The Kier molecular flexibility index (Phi) is 40.8. The zero-order valence-corrected chi connectivity index (χ0v) is 42.4. The number of hydrogen-bond donors (Lipinski definition) is 6. The molecule has 386 valence electrons. The maximum atomic E-state index is 13.1. The van der Waals surface area contributed by atoms with Crippen LogP contribution >= 0.6 is 0 Å². The van der Waals surface area contributed by atoms with Gasteiger partial charge >= 0.3 is 10.4 Å². The van der Waals surface area contributed by atoms with Crippen LogP contribution < -0.4 is 5.32 Å². The standard InChI is InChI=1S/C52H101NO11S/c1-3-5-7-9-11-13-15-17-18-19-20-21-22-23-24-25-26-27-28-30-31-33-35-37-39-41-46(55)45(44-62-52-50(58)51(64-65(59,60)61)49(57)47(43-54)63-52)53-48(56)42-40-38-36-34-32-29-16-14-12-10-8-6-4-2/h29,32,45-47,49-52,54-55,57-58H,3-28,30-31,33-44H2,1-2H3,(H,53,56)(H,59,60,61)/b32-29-. The predicted molar refractivity (Wildman–Crippen MR) is 264 cm³/mol. The number of hydrogen-bond acceptors (Lipinski definition) is 10. The van der Waals surface area contributed by atoms with Gasteiger partial charge in [-0.2, -0.15) is 8.42 Å². The maximum Gasteiger partial charge on any atom is 0.397 e. The Morgan fingerprint density at radius 2 is 0.985 bits per heavy atom. The van der Waals surface area contributed by atoms with Crippen LogP contribution in [0.15, 0.2) is 12.2 Å². The van der Waals surface area contributed by atoms with Gasteiger partial charge in [-0.1, -0.05) is 225 Å². The second-order valence-electron chi connectivity index (χ2n) is 19.2. The minimum Gasteiger partial charge on any atom is -0.394 e. The summed E-state index contributed by atoms with van der Waals surface area (Å²) in [6.45, 7) is 3.46. The highest BCUT2D eigenvalue weighted by Crippen LogP contribution is 2.26. The SMILES string of the molecule is CCCCCCCC/C=C\CCCCCC(=O)NC(COC1OC(CO)C(O)C(OS(=O)(=O)O)C1O)C(O)CCCCCCCCCCCCCCCCCCCCCCCCCCC. The summed E-state index contributed by atoms with van der Waals surface area (Å²) in [5.74, 6) is -0.243. The van der Waals surface area contributed by atoms with E-state index in [-0.39, 0.29) is 18.9 Å². The molecule has 1 saturated heterocycles. The molecule has 1 aliphatic heterocycles. The molecule has 7 atom stereocenters. The highest BCUT2D eigenvalue weighted by molar-refractivity contribution is 7.80. The van der Waals surface area contributed by atoms with E-state index in [4.69, 9.17) is 9.47 Å². The van der Waals surface area contributed by atoms with E-state index in [1.807, 2.05) is 0 Å². The van der Waals surface area contributed by atoms with Gasteiger partial charge in [0.05, 0.1) is 25.4 Å². The zero-order chi connectivity index (χ0) is 47.6. The van der Waals surface area contributed by atoms with Crippen LogP contribution in [0.25, 0.3) is 0 Å². The van der Waals surface area contributed by atoms with Crippen molar-refractivity contribution in [3.8, 4) is 0 Å². The average Bonchev–Trinajstić information content (AvgIpc) is 3.28. The summed E-state index contributed by atoms with van der Waals surface area (Å²) in [5, 5.41) is 45.0. The van der Waals surface area contributed by atoms with Crippen molar-refractivity contribution in [2.24, 2.45) is 0 Å². The van der Waals surface area contributed by atoms with Crippen molar-refractivity contribution in [3.05, 3.63) is 12.2 Å². The summed E-state index contributed by atoms with van der Waals surface area (Å²) in [6.07, 6.45) is 40.8. The fourth-order valence-corrected chi connectivity index (χ4v) is 9.38. The number of aliphatic hydroxyl groups is 4. The molecule has 1 heterocycles. The first kappa shape index (κ1) is 61.9. The second-order valence-corrected chi connectivity index (χ2v) is 20.2. The van der Waals surface area contributed by atoms with Crippen LogP contribution in [0.3, 0.4) is 0 Å². The molecule has 65 heavy (non-hydrogen) atoms. The van der Waals surface area contributed by atoms with E-state index >= 15 is 0 Å². The largest absolute Gasteiger partial charge is 0.397 e. The Hall–Kier alpha value is -1.16. The first-order chi connectivity index (χ1) is 31.5. The molecule has 1 rings (SSSR count). The fraction of sp³-hybridized carbons (Fsp3) is 0.942. The van der Waals surface area contributed by atoms with Crippen LogP contribution in [-0.2, 0) is 28.9 Å². The molecule has 13 heteroatoms. The number of rotatable bonds is 47. The minimum atomic E-state index is -5.08. The Morgan fingerprint density at radius 3 is 1.38 bits per heavy atom. The van der Waals surface area contributed by atoms with Crippen molar-refractivity contribution >= 4 is 16.3 Å². The third-order valence-corrected chi connectivity index (χ3v) is 13.5. The van der Waals surface area contributed by atoms with Crippen LogP contribution in [0.2, 0.25) is 0 Å². The smallest absolute Gasteiger partial charge is 0.394 e. The highest BCUT2D eigenvalue weighted by atomic mass is 32.3. The van der Waals surface area contributed by atoms with E-state index in [9.17, 15) is 38.2 Å². The summed E-state index contributed by atoms with van der Waals surface area (Å²) in [6, 6.07) is -0.863. The van der Waals surface area contributed by atoms with Gasteiger partial charge in [0.15, 0.2) is 6.29 Å². The molecule has 0 bridgehead atoms. The molecule has 7 unspecified atom stereocenters. The fourth-order valence-electron chi connectivity index (χ4n) is 8.87. The van der Waals surface area contributed by atoms with Crippen molar-refractivity contribution in [1.82, 2.24) is 5.32 Å². The Balaban J connectivity index is 2.35. The average molecular weight is 948 g/mol. The molecule has 0 aromatic rings. The van der Waals surface area contributed by atoms with Gasteiger partial charge in [0.1, 0.15) is 24.4 Å². The third kappa shape index (κ3) is 35.6. The number of carbonyl (C=O) groups excluding carboxylic acids is 1. The van der Waals surface area contributed by atoms with E-state index in [1.54, 1.807) is 0 Å². The number of amides is 1. The molecule has 1 aliphatic rings. The van der Waals surface area contributed by atoms with Gasteiger partial charge in [-0.3, -0.25) is 9.35 Å². The summed E-state index contributed by atoms with van der Waals surface area (Å²) in [7, 11) is -5.08. The summed E-state index contributed by atoms with van der Waals surface area (Å²) >= 11 is 0. The monoisotopic (exact) mass is 948 g/mol. The maximum absolute atomic E-state index is 13.1. The molecular weight excluding hydrogens is 847 g/mol. The molecule has 0 aromatic heterocycles. The van der Waals surface area contributed by atoms with E-state index in [1.165, 1.54) is 173 Å². The molecule has 0 spiro atoms. The lowest BCUT2D eigenvalue weighted by molar-refractivity contribution is -0.298. The van der Waals surface area contributed by atoms with E-state index < -0.39 is 59.9 Å². The number of carbonyl (C=O) groups is 1. The number of aliphatic hydroxyl groups excluding tert-OH is 4. The number of ether oxygens (including phenoxy) is 2. The van der Waals surface area contributed by atoms with Crippen LogP contribution in [0.4, 0.5) is 0 Å². The first-order valence-corrected chi connectivity index (χ1v) is 28.4. The zero-order valence-electron chi connectivity index (χ0n) is 41.6. The Bertz CT molecular complexity index is 1210. The van der Waals surface area contributed by atoms with Gasteiger partial charge in [0.25, 0.3) is 0 Å². The van der Waals surface area contributed by atoms with Gasteiger partial charge in [-0.15, -0.1) is 0 Å². The summed E-state index contributed by atoms with van der Waals surface area (Å²) in [4.78, 5) is 13.1. The number of unbranched alkanes of at least 4 members (excludes halogenated alkanes) is 33. The van der Waals surface area contributed by atoms with Gasteiger partial charge < -0.3 is 35.2 Å². The Labute approximate surface area is 398 Å². The first-order valence-electron chi connectivity index (χ1n) is 27.1. The Morgan fingerprint density at radius 1 is 0.600 bits per heavy atom. The van der Waals surface area contributed by atoms with Gasteiger partial charge in [0, 0.05) is 6.42 Å². The number of nitrogens with one attached hydrogen (secondary N) is 1. The lowest BCUT2D eigenvalue weighted by Gasteiger charge is -2.41. The third-order valence-electron chi connectivity index (χ3n) is 13.1. The molecular formula is C52H101NO11S. The van der Waals surface area contributed by atoms with Crippen molar-refractivity contribution in [2.45, 2.75) is 301 Å². The van der Waals surface area contributed by atoms with Crippen LogP contribution in [0.5, 0.6) is 0 Å². The van der Waals surface area contributed by atoms with Gasteiger partial charge in [-0.05, 0) is 38.5 Å². The molecule has 1 fully saturated rings. The van der Waals surface area contributed by atoms with E-state index in [0.29, 0.717) is 12.8 Å². The van der Waals surface area contributed by atoms with E-state index in [0.717, 1.165) is 51.4 Å². The molecule has 1 amide bonds. The van der Waals surface area contributed by atoms with Crippen LogP contribution in [-0.4, -0.2) is 95.4 Å². The summed E-state index contributed by atoms with van der Waals surface area (Å²) < 4.78 is 47.8. The van der Waals surface area contributed by atoms with Crippen LogP contribution in [0, 0.1) is 0 Å². The molecule has 12 nitrogen and oxygen atoms in total. The molecule has 0 aromatic carbocycles. The lowest BCUT2D eigenvalue weighted by atomic mass is 9.99. The molecule has 6 N–H and O–H groups in total. The lowest BCUT2D eigenvalue weighted by Crippen LogP contribution is -2.61.